The Morgan fingerprint density at radius 2 is 1.40 bits per heavy atom. The number of hydrogen-bond acceptors (Lipinski definition) is 7. The fraction of sp³-hybridized carbons (Fsp3) is 0.543. The molecule has 0 radical (unpaired) electrons. The molecular formula is C35H51N3O7. The molecule has 0 aliphatic heterocycles. The second-order valence-electron chi connectivity index (χ2n) is 12.9. The Morgan fingerprint density at radius 3 is 1.91 bits per heavy atom. The van der Waals surface area contributed by atoms with E-state index in [1.54, 1.807) is 20.8 Å². The summed E-state index contributed by atoms with van der Waals surface area (Å²) in [7, 11) is 1.29. The first-order valence-electron chi connectivity index (χ1n) is 15.6. The van der Waals surface area contributed by atoms with Gasteiger partial charge in [-0.15, -0.1) is 0 Å². The van der Waals surface area contributed by atoms with Crippen LogP contribution in [0.15, 0.2) is 60.7 Å². The molecule has 0 bridgehead atoms. The monoisotopic (exact) mass is 625 g/mol. The Hall–Kier alpha value is -3.92. The van der Waals surface area contributed by atoms with Crippen LogP contribution in [0.5, 0.6) is 0 Å². The maximum Gasteiger partial charge on any atom is 0.434 e. The van der Waals surface area contributed by atoms with Crippen LogP contribution in [0.25, 0.3) is 0 Å². The van der Waals surface area contributed by atoms with Gasteiger partial charge in [0.15, 0.2) is 0 Å². The molecule has 2 N–H and O–H groups in total. The van der Waals surface area contributed by atoms with E-state index >= 15 is 0 Å². The van der Waals surface area contributed by atoms with E-state index in [4.69, 9.17) is 14.3 Å². The molecule has 0 heterocycles. The topological polar surface area (TPSA) is 123 Å². The number of carbonyl (C=O) groups excluding carboxylic acids is 4. The summed E-state index contributed by atoms with van der Waals surface area (Å²) >= 11 is 0. The zero-order valence-electron chi connectivity index (χ0n) is 28.0. The largest absolute Gasteiger partial charge is 0.469 e. The van der Waals surface area contributed by atoms with Crippen LogP contribution in [0.4, 0.5) is 4.79 Å². The normalized spacial score (nSPS) is 13.5. The third-order valence-electron chi connectivity index (χ3n) is 7.28. The van der Waals surface area contributed by atoms with Gasteiger partial charge in [0.25, 0.3) is 0 Å². The summed E-state index contributed by atoms with van der Waals surface area (Å²) in [6.07, 6.45) is -0.350. The highest BCUT2D eigenvalue weighted by Gasteiger charge is 2.34. The molecule has 0 saturated heterocycles. The van der Waals surface area contributed by atoms with Crippen LogP contribution < -0.4 is 10.6 Å². The van der Waals surface area contributed by atoms with Crippen LogP contribution in [-0.4, -0.2) is 54.2 Å². The van der Waals surface area contributed by atoms with Gasteiger partial charge in [-0.3, -0.25) is 19.2 Å². The molecule has 2 aromatic carbocycles. The first-order valence-corrected chi connectivity index (χ1v) is 15.6. The molecule has 0 saturated carbocycles. The molecule has 45 heavy (non-hydrogen) atoms. The van der Waals surface area contributed by atoms with Crippen molar-refractivity contribution in [3.05, 3.63) is 71.8 Å². The predicted octanol–water partition coefficient (Wildman–Crippen LogP) is 5.65. The second kappa shape index (κ2) is 18.1. The molecule has 10 nitrogen and oxygen atoms in total. The fourth-order valence-corrected chi connectivity index (χ4v) is 4.70. The lowest BCUT2D eigenvalue weighted by molar-refractivity contribution is -0.162. The molecule has 0 aliphatic carbocycles. The number of benzene rings is 2. The van der Waals surface area contributed by atoms with Gasteiger partial charge in [0, 0.05) is 12.5 Å². The molecule has 10 heteroatoms. The number of nitrogens with one attached hydrogen (secondary N) is 2. The standard InChI is InChI=1S/C35H51N3O7/c1-24(2)29(31(39)37-30(25(3)4)32(40)36-22-26-15-11-9-12-16-26)21-28(33(41)43-8)19-20-38(34(42)45-35(5,6)7)44-23-27-17-13-10-14-18-27/h9-18,24-25,28-30H,19-23H2,1-8H3,(H,36,40)(H,37,39). The molecular weight excluding hydrogens is 574 g/mol. The first-order chi connectivity index (χ1) is 21.2. The lowest BCUT2D eigenvalue weighted by Gasteiger charge is -2.30. The van der Waals surface area contributed by atoms with E-state index in [2.05, 4.69) is 10.6 Å². The Labute approximate surface area is 268 Å². The average molecular weight is 626 g/mol. The summed E-state index contributed by atoms with van der Waals surface area (Å²) in [5, 5.41) is 6.96. The third kappa shape index (κ3) is 13.3. The summed E-state index contributed by atoms with van der Waals surface area (Å²) in [6, 6.07) is 18.2. The zero-order valence-corrected chi connectivity index (χ0v) is 28.0. The number of amides is 3. The van der Waals surface area contributed by atoms with Crippen molar-refractivity contribution in [1.82, 2.24) is 15.7 Å². The van der Waals surface area contributed by atoms with Crippen LogP contribution >= 0.6 is 0 Å². The number of rotatable bonds is 16. The minimum absolute atomic E-state index is 0.0322. The molecule has 3 amide bonds. The predicted molar refractivity (Wildman–Crippen MR) is 172 cm³/mol. The number of methoxy groups -OCH3 is 1. The highest BCUT2D eigenvalue weighted by Crippen LogP contribution is 2.26. The summed E-state index contributed by atoms with van der Waals surface area (Å²) < 4.78 is 10.6. The van der Waals surface area contributed by atoms with E-state index < -0.39 is 35.5 Å². The van der Waals surface area contributed by atoms with Crippen molar-refractivity contribution >= 4 is 23.9 Å². The van der Waals surface area contributed by atoms with Gasteiger partial charge in [0.1, 0.15) is 18.2 Å². The van der Waals surface area contributed by atoms with Gasteiger partial charge in [-0.1, -0.05) is 88.4 Å². The van der Waals surface area contributed by atoms with Gasteiger partial charge in [-0.2, -0.15) is 5.06 Å². The second-order valence-corrected chi connectivity index (χ2v) is 12.9. The van der Waals surface area contributed by atoms with Crippen molar-refractivity contribution < 1.29 is 33.5 Å². The molecule has 248 valence electrons. The minimum atomic E-state index is -0.756. The Balaban J connectivity index is 2.15. The van der Waals surface area contributed by atoms with Gasteiger partial charge in [-0.25, -0.2) is 4.79 Å². The highest BCUT2D eigenvalue weighted by atomic mass is 16.7. The van der Waals surface area contributed by atoms with E-state index in [-0.39, 0.29) is 49.6 Å². The number of hydrogen-bond donors (Lipinski definition) is 2. The van der Waals surface area contributed by atoms with E-state index in [9.17, 15) is 19.2 Å². The van der Waals surface area contributed by atoms with Gasteiger partial charge in [-0.05, 0) is 56.6 Å². The van der Waals surface area contributed by atoms with Crippen LogP contribution in [0, 0.1) is 23.7 Å². The molecule has 0 spiro atoms. The molecule has 2 rings (SSSR count). The first kappa shape index (κ1) is 37.3. The Kier molecular flexibility index (Phi) is 15.0. The quantitative estimate of drug-likeness (QED) is 0.182. The summed E-state index contributed by atoms with van der Waals surface area (Å²) in [6.45, 7) is 13.3. The van der Waals surface area contributed by atoms with Crippen molar-refractivity contribution in [3.8, 4) is 0 Å². The number of hydroxylamine groups is 2. The van der Waals surface area contributed by atoms with Crippen LogP contribution in [0.3, 0.4) is 0 Å². The van der Waals surface area contributed by atoms with Crippen molar-refractivity contribution in [3.63, 3.8) is 0 Å². The van der Waals surface area contributed by atoms with E-state index in [1.165, 1.54) is 7.11 Å². The highest BCUT2D eigenvalue weighted by molar-refractivity contribution is 5.89. The number of carbonyl (C=O) groups is 4. The Bertz CT molecular complexity index is 1210. The maximum absolute atomic E-state index is 13.6. The van der Waals surface area contributed by atoms with Gasteiger partial charge >= 0.3 is 12.1 Å². The van der Waals surface area contributed by atoms with E-state index in [0.717, 1.165) is 16.2 Å². The fourth-order valence-electron chi connectivity index (χ4n) is 4.70. The lowest BCUT2D eigenvalue weighted by atomic mass is 9.83. The van der Waals surface area contributed by atoms with Crippen molar-refractivity contribution in [2.75, 3.05) is 13.7 Å². The number of nitrogens with zero attached hydrogens (tertiary/aromatic N) is 1. The minimum Gasteiger partial charge on any atom is -0.469 e. The maximum atomic E-state index is 13.6. The summed E-state index contributed by atoms with van der Waals surface area (Å²) in [5.74, 6) is -2.73. The molecule has 0 aromatic heterocycles. The molecule has 0 aliphatic rings. The van der Waals surface area contributed by atoms with Gasteiger partial charge in [0.2, 0.25) is 11.8 Å². The van der Waals surface area contributed by atoms with Crippen molar-refractivity contribution in [2.24, 2.45) is 23.7 Å². The summed E-state index contributed by atoms with van der Waals surface area (Å²) in [5.41, 5.74) is 1.06. The van der Waals surface area contributed by atoms with Crippen LogP contribution in [-0.2, 0) is 41.8 Å². The average Bonchev–Trinajstić information content (AvgIpc) is 2.99. The Morgan fingerprint density at radius 1 is 0.822 bits per heavy atom. The SMILES string of the molecule is COC(=O)C(CCN(OCc1ccccc1)C(=O)OC(C)(C)C)CC(C(=O)NC(C(=O)NCc1ccccc1)C(C)C)C(C)C. The smallest absolute Gasteiger partial charge is 0.434 e. The van der Waals surface area contributed by atoms with E-state index in [0.29, 0.717) is 6.54 Å². The number of esters is 1. The number of ether oxygens (including phenoxy) is 2. The van der Waals surface area contributed by atoms with Crippen molar-refractivity contribution in [2.45, 2.75) is 86.1 Å². The van der Waals surface area contributed by atoms with Gasteiger partial charge in [0.05, 0.1) is 19.6 Å². The van der Waals surface area contributed by atoms with Crippen LogP contribution in [0.2, 0.25) is 0 Å². The molecule has 2 aromatic rings. The zero-order chi connectivity index (χ0) is 33.6. The van der Waals surface area contributed by atoms with Crippen LogP contribution in [0.1, 0.15) is 72.4 Å². The van der Waals surface area contributed by atoms with Crippen molar-refractivity contribution in [1.29, 1.82) is 0 Å². The molecule has 3 unspecified atom stereocenters. The summed E-state index contributed by atoms with van der Waals surface area (Å²) in [4.78, 5) is 58.6. The van der Waals surface area contributed by atoms with E-state index in [1.807, 2.05) is 88.4 Å². The van der Waals surface area contributed by atoms with Gasteiger partial charge < -0.3 is 20.1 Å². The molecule has 3 atom stereocenters. The molecule has 0 fully saturated rings. The lowest BCUT2D eigenvalue weighted by Crippen LogP contribution is -2.52. The third-order valence-corrected chi connectivity index (χ3v) is 7.28.